The lowest BCUT2D eigenvalue weighted by atomic mass is 10.1. The third kappa shape index (κ3) is 4.46. The first-order valence-electron chi connectivity index (χ1n) is 8.93. The molecule has 7 heteroatoms. The van der Waals surface area contributed by atoms with Gasteiger partial charge in [0.25, 0.3) is 15.9 Å². The van der Waals surface area contributed by atoms with Gasteiger partial charge in [0.2, 0.25) is 0 Å². The fourth-order valence-electron chi connectivity index (χ4n) is 2.91. The number of nitrogens with one attached hydrogen (secondary N) is 1. The van der Waals surface area contributed by atoms with Gasteiger partial charge in [0.15, 0.2) is 0 Å². The third-order valence-electron chi connectivity index (χ3n) is 4.57. The fourth-order valence-corrected chi connectivity index (χ4v) is 4.74. The van der Waals surface area contributed by atoms with Crippen molar-refractivity contribution in [3.05, 3.63) is 83.9 Å². The molecule has 1 amide bonds. The van der Waals surface area contributed by atoms with E-state index in [4.69, 9.17) is 0 Å². The summed E-state index contributed by atoms with van der Waals surface area (Å²) in [5, 5.41) is 2.91. The summed E-state index contributed by atoms with van der Waals surface area (Å²) >= 11 is 1.54. The standard InChI is InChI=1S/C22H22N2O3S2/c1-16-13-14-17(22(25)23-19-11-7-8-12-21(19)28-3)15-20(16)24(2)29(26,27)18-9-5-4-6-10-18/h4-15H,1-3H3,(H,23,25). The van der Waals surface area contributed by atoms with Gasteiger partial charge in [-0.15, -0.1) is 11.8 Å². The van der Waals surface area contributed by atoms with Crippen molar-refractivity contribution in [2.45, 2.75) is 16.7 Å². The molecular formula is C22H22N2O3S2. The Hall–Kier alpha value is -2.77. The molecule has 5 nitrogen and oxygen atoms in total. The Bertz CT molecular complexity index is 1130. The predicted octanol–water partition coefficient (Wildman–Crippen LogP) is 4.79. The number of amides is 1. The van der Waals surface area contributed by atoms with E-state index in [1.807, 2.05) is 37.4 Å². The summed E-state index contributed by atoms with van der Waals surface area (Å²) in [5.74, 6) is -0.293. The summed E-state index contributed by atoms with van der Waals surface area (Å²) in [4.78, 5) is 14.0. The number of nitrogens with zero attached hydrogens (tertiary/aromatic N) is 1. The number of aryl methyl sites for hydroxylation is 1. The monoisotopic (exact) mass is 426 g/mol. The molecule has 0 bridgehead atoms. The third-order valence-corrected chi connectivity index (χ3v) is 7.15. The van der Waals surface area contributed by atoms with Gasteiger partial charge in [-0.3, -0.25) is 9.10 Å². The van der Waals surface area contributed by atoms with Crippen molar-refractivity contribution >= 4 is 39.1 Å². The van der Waals surface area contributed by atoms with Crippen LogP contribution in [0.5, 0.6) is 0 Å². The molecule has 29 heavy (non-hydrogen) atoms. The quantitative estimate of drug-likeness (QED) is 0.575. The Balaban J connectivity index is 1.93. The molecule has 0 saturated carbocycles. The van der Waals surface area contributed by atoms with Crippen LogP contribution in [-0.4, -0.2) is 27.6 Å². The molecule has 0 aliphatic heterocycles. The number of rotatable bonds is 6. The van der Waals surface area contributed by atoms with Crippen molar-refractivity contribution in [1.29, 1.82) is 0 Å². The highest BCUT2D eigenvalue weighted by Crippen LogP contribution is 2.28. The maximum absolute atomic E-state index is 13.0. The average molecular weight is 427 g/mol. The Kier molecular flexibility index (Phi) is 6.30. The summed E-state index contributed by atoms with van der Waals surface area (Å²) < 4.78 is 27.1. The zero-order chi connectivity index (χ0) is 21.0. The minimum absolute atomic E-state index is 0.200. The van der Waals surface area contributed by atoms with Gasteiger partial charge >= 0.3 is 0 Å². The van der Waals surface area contributed by atoms with Crippen LogP contribution in [0.1, 0.15) is 15.9 Å². The lowest BCUT2D eigenvalue weighted by Gasteiger charge is -2.22. The topological polar surface area (TPSA) is 66.5 Å². The number of benzene rings is 3. The molecule has 3 aromatic rings. The Morgan fingerprint density at radius 2 is 1.62 bits per heavy atom. The lowest BCUT2D eigenvalue weighted by Crippen LogP contribution is -2.27. The maximum atomic E-state index is 13.0. The van der Waals surface area contributed by atoms with Crippen molar-refractivity contribution in [2.24, 2.45) is 0 Å². The minimum atomic E-state index is -3.73. The second-order valence-corrected chi connectivity index (χ2v) is 9.26. The first-order chi connectivity index (χ1) is 13.8. The Morgan fingerprint density at radius 3 is 2.31 bits per heavy atom. The van der Waals surface area contributed by atoms with Crippen molar-refractivity contribution < 1.29 is 13.2 Å². The summed E-state index contributed by atoms with van der Waals surface area (Å²) in [5.41, 5.74) is 2.32. The molecular weight excluding hydrogens is 404 g/mol. The molecule has 0 spiro atoms. The van der Waals surface area contributed by atoms with Crippen LogP contribution < -0.4 is 9.62 Å². The molecule has 1 N–H and O–H groups in total. The zero-order valence-electron chi connectivity index (χ0n) is 16.4. The van der Waals surface area contributed by atoms with Crippen LogP contribution >= 0.6 is 11.8 Å². The van der Waals surface area contributed by atoms with Gasteiger partial charge in [0.1, 0.15) is 0 Å². The molecule has 3 rings (SSSR count). The number of sulfonamides is 1. The predicted molar refractivity (Wildman–Crippen MR) is 119 cm³/mol. The second kappa shape index (κ2) is 8.71. The van der Waals surface area contributed by atoms with Crippen LogP contribution in [0.15, 0.2) is 82.6 Å². The molecule has 0 unspecified atom stereocenters. The van der Waals surface area contributed by atoms with E-state index in [1.165, 1.54) is 11.4 Å². The zero-order valence-corrected chi connectivity index (χ0v) is 18.0. The van der Waals surface area contributed by atoms with Crippen LogP contribution in [0.3, 0.4) is 0 Å². The van der Waals surface area contributed by atoms with Crippen molar-refractivity contribution in [3.63, 3.8) is 0 Å². The second-order valence-electron chi connectivity index (χ2n) is 6.44. The molecule has 150 valence electrons. The summed E-state index contributed by atoms with van der Waals surface area (Å²) in [6, 6.07) is 20.8. The van der Waals surface area contributed by atoms with Crippen LogP contribution in [0.2, 0.25) is 0 Å². The Morgan fingerprint density at radius 1 is 0.966 bits per heavy atom. The first-order valence-corrected chi connectivity index (χ1v) is 11.6. The minimum Gasteiger partial charge on any atom is -0.321 e. The molecule has 0 atom stereocenters. The summed E-state index contributed by atoms with van der Waals surface area (Å²) in [6.45, 7) is 1.82. The number of hydrogen-bond acceptors (Lipinski definition) is 4. The number of anilines is 2. The van der Waals surface area contributed by atoms with Gasteiger partial charge < -0.3 is 5.32 Å². The number of para-hydroxylation sites is 1. The van der Waals surface area contributed by atoms with Crippen molar-refractivity contribution in [2.75, 3.05) is 22.9 Å². The number of carbonyl (C=O) groups is 1. The van der Waals surface area contributed by atoms with E-state index in [0.29, 0.717) is 11.3 Å². The molecule has 0 saturated heterocycles. The van der Waals surface area contributed by atoms with E-state index in [0.717, 1.165) is 16.1 Å². The number of carbonyl (C=O) groups excluding carboxylic acids is 1. The van der Waals surface area contributed by atoms with Crippen LogP contribution in [0, 0.1) is 6.92 Å². The van der Waals surface area contributed by atoms with E-state index in [9.17, 15) is 13.2 Å². The molecule has 3 aromatic carbocycles. The molecule has 0 fully saturated rings. The molecule has 0 aliphatic rings. The molecule has 0 radical (unpaired) electrons. The van der Waals surface area contributed by atoms with Crippen LogP contribution in [0.25, 0.3) is 0 Å². The normalized spacial score (nSPS) is 11.1. The first kappa shape index (κ1) is 21.0. The van der Waals surface area contributed by atoms with Crippen LogP contribution in [0.4, 0.5) is 11.4 Å². The lowest BCUT2D eigenvalue weighted by molar-refractivity contribution is 0.102. The van der Waals surface area contributed by atoms with E-state index in [2.05, 4.69) is 5.32 Å². The highest BCUT2D eigenvalue weighted by atomic mass is 32.2. The van der Waals surface area contributed by atoms with Gasteiger partial charge in [-0.1, -0.05) is 36.4 Å². The van der Waals surface area contributed by atoms with E-state index < -0.39 is 10.0 Å². The smallest absolute Gasteiger partial charge is 0.264 e. The molecule has 0 aromatic heterocycles. The highest BCUT2D eigenvalue weighted by molar-refractivity contribution is 7.98. The van der Waals surface area contributed by atoms with Gasteiger partial charge in [-0.2, -0.15) is 0 Å². The van der Waals surface area contributed by atoms with Crippen LogP contribution in [-0.2, 0) is 10.0 Å². The Labute approximate surface area is 175 Å². The maximum Gasteiger partial charge on any atom is 0.264 e. The molecule has 0 aliphatic carbocycles. The largest absolute Gasteiger partial charge is 0.321 e. The van der Waals surface area contributed by atoms with Crippen molar-refractivity contribution in [1.82, 2.24) is 0 Å². The van der Waals surface area contributed by atoms with Gasteiger partial charge in [-0.25, -0.2) is 8.42 Å². The van der Waals surface area contributed by atoms with E-state index in [1.54, 1.807) is 60.3 Å². The van der Waals surface area contributed by atoms with Gasteiger partial charge in [0.05, 0.1) is 16.3 Å². The van der Waals surface area contributed by atoms with E-state index in [-0.39, 0.29) is 10.8 Å². The highest BCUT2D eigenvalue weighted by Gasteiger charge is 2.23. The number of thioether (sulfide) groups is 1. The molecule has 0 heterocycles. The summed E-state index contributed by atoms with van der Waals surface area (Å²) in [6.07, 6.45) is 1.94. The van der Waals surface area contributed by atoms with E-state index >= 15 is 0 Å². The van der Waals surface area contributed by atoms with Gasteiger partial charge in [0, 0.05) is 17.5 Å². The average Bonchev–Trinajstić information content (AvgIpc) is 2.74. The fraction of sp³-hybridized carbons (Fsp3) is 0.136. The SMILES string of the molecule is CSc1ccccc1NC(=O)c1ccc(C)c(N(C)S(=O)(=O)c2ccccc2)c1. The summed E-state index contributed by atoms with van der Waals surface area (Å²) in [7, 11) is -2.23. The van der Waals surface area contributed by atoms with Gasteiger partial charge in [-0.05, 0) is 55.1 Å². The van der Waals surface area contributed by atoms with Crippen molar-refractivity contribution in [3.8, 4) is 0 Å². The number of hydrogen-bond donors (Lipinski definition) is 1.